The number of rotatable bonds is 5. The van der Waals surface area contributed by atoms with Crippen LogP contribution < -0.4 is 5.46 Å². The van der Waals surface area contributed by atoms with Gasteiger partial charge < -0.3 is 9.31 Å². The van der Waals surface area contributed by atoms with Gasteiger partial charge in [0.25, 0.3) is 0 Å². The van der Waals surface area contributed by atoms with Gasteiger partial charge in [0.05, 0.1) is 11.2 Å². The van der Waals surface area contributed by atoms with E-state index in [-0.39, 0.29) is 5.41 Å². The van der Waals surface area contributed by atoms with Gasteiger partial charge >= 0.3 is 7.12 Å². The Balaban J connectivity index is 1.27. The summed E-state index contributed by atoms with van der Waals surface area (Å²) in [5.74, 6) is 1.92. The molecule has 0 radical (unpaired) electrons. The van der Waals surface area contributed by atoms with Crippen molar-refractivity contribution in [1.82, 2.24) is 15.0 Å². The average Bonchev–Trinajstić information content (AvgIpc) is 3.48. The van der Waals surface area contributed by atoms with Crippen LogP contribution in [0.4, 0.5) is 0 Å². The summed E-state index contributed by atoms with van der Waals surface area (Å²) in [5, 5.41) is 0. The van der Waals surface area contributed by atoms with E-state index in [0.29, 0.717) is 17.5 Å². The van der Waals surface area contributed by atoms with Crippen LogP contribution in [0.15, 0.2) is 121 Å². The van der Waals surface area contributed by atoms with Crippen molar-refractivity contribution < 1.29 is 9.31 Å². The Morgan fingerprint density at radius 1 is 0.438 bits per heavy atom. The molecule has 2 heterocycles. The fourth-order valence-electron chi connectivity index (χ4n) is 7.02. The highest BCUT2D eigenvalue weighted by atomic mass is 16.7. The normalized spacial score (nSPS) is 16.8. The molecule has 5 nitrogen and oxygen atoms in total. The minimum Gasteiger partial charge on any atom is -0.399 e. The molecule has 0 saturated carbocycles. The lowest BCUT2D eigenvalue weighted by molar-refractivity contribution is 0.00578. The van der Waals surface area contributed by atoms with E-state index in [9.17, 15) is 0 Å². The van der Waals surface area contributed by atoms with Gasteiger partial charge in [0.2, 0.25) is 0 Å². The van der Waals surface area contributed by atoms with Crippen molar-refractivity contribution in [2.24, 2.45) is 0 Å². The van der Waals surface area contributed by atoms with E-state index in [0.717, 1.165) is 33.3 Å². The molecule has 6 heteroatoms. The second kappa shape index (κ2) is 11.1. The molecule has 1 aromatic heterocycles. The van der Waals surface area contributed by atoms with E-state index >= 15 is 0 Å². The van der Waals surface area contributed by atoms with Crippen LogP contribution >= 0.6 is 0 Å². The Morgan fingerprint density at radius 3 is 1.44 bits per heavy atom. The smallest absolute Gasteiger partial charge is 0.399 e. The lowest BCUT2D eigenvalue weighted by atomic mass is 9.69. The Kier molecular flexibility index (Phi) is 7.03. The third kappa shape index (κ3) is 4.90. The van der Waals surface area contributed by atoms with Crippen LogP contribution in [0.1, 0.15) is 52.7 Å². The van der Waals surface area contributed by atoms with Crippen LogP contribution in [0, 0.1) is 0 Å². The Morgan fingerprint density at radius 2 is 0.896 bits per heavy atom. The molecule has 0 N–H and O–H groups in total. The van der Waals surface area contributed by atoms with E-state index in [1.54, 1.807) is 0 Å². The molecule has 1 aliphatic heterocycles. The summed E-state index contributed by atoms with van der Waals surface area (Å²) < 4.78 is 13.6. The summed E-state index contributed by atoms with van der Waals surface area (Å²) >= 11 is 0. The molecule has 6 aromatic rings. The van der Waals surface area contributed by atoms with E-state index in [4.69, 9.17) is 24.3 Å². The zero-order chi connectivity index (χ0) is 33.3. The standard InChI is InChI=1S/C42H38BN3O2/c1-40(2)33-20-14-13-19-32(33)35-34(40)26-25-31(36(35)43-47-41(3,4)42(5,6)48-43)27-21-23-30(24-22-27)39-45-37(28-15-9-7-10-16-28)44-38(46-39)29-17-11-8-12-18-29/h7-26H,1-6H3. The van der Waals surface area contributed by atoms with Gasteiger partial charge in [-0.25, -0.2) is 15.0 Å². The van der Waals surface area contributed by atoms with Gasteiger partial charge in [0.1, 0.15) is 0 Å². The first-order chi connectivity index (χ1) is 23.0. The average molecular weight is 628 g/mol. The number of hydrogen-bond acceptors (Lipinski definition) is 5. The number of aromatic nitrogens is 3. The van der Waals surface area contributed by atoms with E-state index in [1.165, 1.54) is 22.3 Å². The molecule has 5 aromatic carbocycles. The summed E-state index contributed by atoms with van der Waals surface area (Å²) in [5.41, 5.74) is 10.1. The highest BCUT2D eigenvalue weighted by Gasteiger charge is 2.54. The van der Waals surface area contributed by atoms with Gasteiger partial charge in [0, 0.05) is 22.1 Å². The predicted molar refractivity (Wildman–Crippen MR) is 195 cm³/mol. The van der Waals surface area contributed by atoms with Gasteiger partial charge in [-0.3, -0.25) is 0 Å². The third-order valence-electron chi connectivity index (χ3n) is 10.4. The first-order valence-electron chi connectivity index (χ1n) is 16.6. The minimum atomic E-state index is -0.521. The maximum Gasteiger partial charge on any atom is 0.496 e. The number of fused-ring (bicyclic) bond motifs is 3. The zero-order valence-electron chi connectivity index (χ0n) is 28.3. The summed E-state index contributed by atoms with van der Waals surface area (Å²) in [6.45, 7) is 13.1. The van der Waals surface area contributed by atoms with Crippen molar-refractivity contribution >= 4 is 12.6 Å². The molecule has 2 aliphatic rings. The summed E-state index contributed by atoms with van der Waals surface area (Å²) in [6, 6.07) is 41.9. The molecule has 0 bridgehead atoms. The number of nitrogens with zero attached hydrogens (tertiary/aromatic N) is 3. The first kappa shape index (κ1) is 30.4. The largest absolute Gasteiger partial charge is 0.496 e. The van der Waals surface area contributed by atoms with Crippen LogP contribution in [0.5, 0.6) is 0 Å². The predicted octanol–water partition coefficient (Wildman–Crippen LogP) is 9.15. The van der Waals surface area contributed by atoms with Gasteiger partial charge in [0.15, 0.2) is 17.5 Å². The summed E-state index contributed by atoms with van der Waals surface area (Å²) in [4.78, 5) is 14.7. The molecule has 236 valence electrons. The van der Waals surface area contributed by atoms with E-state index in [2.05, 4.69) is 102 Å². The van der Waals surface area contributed by atoms with Crippen molar-refractivity contribution in [3.63, 3.8) is 0 Å². The Hall–Kier alpha value is -4.91. The molecule has 0 unspecified atom stereocenters. The molecule has 1 saturated heterocycles. The molecule has 1 fully saturated rings. The summed E-state index contributed by atoms with van der Waals surface area (Å²) in [6.07, 6.45) is 0. The monoisotopic (exact) mass is 627 g/mol. The molecule has 48 heavy (non-hydrogen) atoms. The first-order valence-corrected chi connectivity index (χ1v) is 16.6. The van der Waals surface area contributed by atoms with Crippen LogP contribution in [-0.4, -0.2) is 33.3 Å². The van der Waals surface area contributed by atoms with Crippen molar-refractivity contribution in [3.05, 3.63) is 132 Å². The molecule has 0 atom stereocenters. The fraction of sp³-hybridized carbons (Fsp3) is 0.214. The van der Waals surface area contributed by atoms with Crippen LogP contribution in [-0.2, 0) is 14.7 Å². The summed E-state index contributed by atoms with van der Waals surface area (Å²) in [7, 11) is -0.521. The van der Waals surface area contributed by atoms with Crippen molar-refractivity contribution in [1.29, 1.82) is 0 Å². The minimum absolute atomic E-state index is 0.141. The molecule has 0 spiro atoms. The Labute approximate surface area is 283 Å². The maximum absolute atomic E-state index is 6.78. The Bertz CT molecular complexity index is 2090. The molecular weight excluding hydrogens is 589 g/mol. The third-order valence-corrected chi connectivity index (χ3v) is 10.4. The van der Waals surface area contributed by atoms with E-state index in [1.807, 2.05) is 60.7 Å². The maximum atomic E-state index is 6.78. The highest BCUT2D eigenvalue weighted by Crippen LogP contribution is 2.50. The highest BCUT2D eigenvalue weighted by molar-refractivity contribution is 6.66. The molecule has 8 rings (SSSR count). The SMILES string of the molecule is CC1(C)c2ccccc2-c2c1ccc(-c1ccc(-c3nc(-c4ccccc4)nc(-c4ccccc4)n3)cc1)c2B1OC(C)(C)C(C)(C)O1. The van der Waals surface area contributed by atoms with Crippen LogP contribution in [0.25, 0.3) is 56.4 Å². The van der Waals surface area contributed by atoms with Crippen molar-refractivity contribution in [3.8, 4) is 56.4 Å². The zero-order valence-corrected chi connectivity index (χ0v) is 28.3. The van der Waals surface area contributed by atoms with Gasteiger partial charge in [-0.05, 0) is 66.5 Å². The van der Waals surface area contributed by atoms with Crippen molar-refractivity contribution in [2.75, 3.05) is 0 Å². The van der Waals surface area contributed by atoms with E-state index < -0.39 is 18.3 Å². The number of hydrogen-bond donors (Lipinski definition) is 0. The molecule has 1 aliphatic carbocycles. The van der Waals surface area contributed by atoms with Crippen LogP contribution in [0.3, 0.4) is 0 Å². The fourth-order valence-corrected chi connectivity index (χ4v) is 7.02. The van der Waals surface area contributed by atoms with Gasteiger partial charge in [-0.2, -0.15) is 0 Å². The van der Waals surface area contributed by atoms with Gasteiger partial charge in [-0.1, -0.05) is 135 Å². The van der Waals surface area contributed by atoms with Crippen LogP contribution in [0.2, 0.25) is 0 Å². The molecule has 0 amide bonds. The number of benzene rings is 5. The van der Waals surface area contributed by atoms with Gasteiger partial charge in [-0.15, -0.1) is 0 Å². The quantitative estimate of drug-likeness (QED) is 0.179. The lowest BCUT2D eigenvalue weighted by Crippen LogP contribution is -2.41. The van der Waals surface area contributed by atoms with Crippen molar-refractivity contribution in [2.45, 2.75) is 58.2 Å². The second-order valence-corrected chi connectivity index (χ2v) is 14.3. The lowest BCUT2D eigenvalue weighted by Gasteiger charge is -2.32. The second-order valence-electron chi connectivity index (χ2n) is 14.3. The molecular formula is C42H38BN3O2. The topological polar surface area (TPSA) is 57.1 Å².